The van der Waals surface area contributed by atoms with Crippen LogP contribution in [0.3, 0.4) is 0 Å². The number of nitrogens with zero attached hydrogens (tertiary/aromatic N) is 1. The number of thiophene rings is 1. The predicted octanol–water partition coefficient (Wildman–Crippen LogP) is 1.66. The maximum Gasteiger partial charge on any atom is 0.242 e. The second kappa shape index (κ2) is 5.39. The van der Waals surface area contributed by atoms with Crippen molar-refractivity contribution >= 4 is 21.4 Å². The van der Waals surface area contributed by atoms with Gasteiger partial charge in [-0.15, -0.1) is 11.3 Å². The third-order valence-electron chi connectivity index (χ3n) is 2.19. The minimum atomic E-state index is -3.42. The summed E-state index contributed by atoms with van der Waals surface area (Å²) < 4.78 is 26.2. The van der Waals surface area contributed by atoms with Crippen LogP contribution in [0.15, 0.2) is 46.9 Å². The van der Waals surface area contributed by atoms with E-state index in [4.69, 9.17) is 0 Å². The van der Waals surface area contributed by atoms with Crippen LogP contribution in [0.5, 0.6) is 0 Å². The lowest BCUT2D eigenvalue weighted by atomic mass is 10.3. The van der Waals surface area contributed by atoms with Crippen LogP contribution in [0.1, 0.15) is 4.88 Å². The molecule has 0 unspecified atom stereocenters. The molecule has 2 heterocycles. The Kier molecular flexibility index (Phi) is 3.88. The van der Waals surface area contributed by atoms with Gasteiger partial charge in [-0.1, -0.05) is 6.07 Å². The van der Waals surface area contributed by atoms with E-state index in [1.807, 2.05) is 17.5 Å². The fraction of sp³-hybridized carbons (Fsp3) is 0.182. The highest BCUT2D eigenvalue weighted by Crippen LogP contribution is 2.09. The van der Waals surface area contributed by atoms with Crippen molar-refractivity contribution in [1.82, 2.24) is 9.71 Å². The Morgan fingerprint density at radius 2 is 2.18 bits per heavy atom. The summed E-state index contributed by atoms with van der Waals surface area (Å²) in [6.45, 7) is 0.401. The van der Waals surface area contributed by atoms with Gasteiger partial charge in [0.2, 0.25) is 10.0 Å². The number of hydrogen-bond donors (Lipinski definition) is 1. The highest BCUT2D eigenvalue weighted by atomic mass is 32.2. The molecule has 0 aliphatic rings. The zero-order valence-corrected chi connectivity index (χ0v) is 10.7. The average molecular weight is 268 g/mol. The van der Waals surface area contributed by atoms with Gasteiger partial charge in [0.15, 0.2) is 0 Å². The maximum atomic E-state index is 11.8. The van der Waals surface area contributed by atoms with Crippen LogP contribution in [-0.4, -0.2) is 19.9 Å². The van der Waals surface area contributed by atoms with E-state index in [1.54, 1.807) is 23.6 Å². The summed E-state index contributed by atoms with van der Waals surface area (Å²) in [7, 11) is -3.42. The van der Waals surface area contributed by atoms with Crippen LogP contribution in [0.25, 0.3) is 0 Å². The number of hydrogen-bond acceptors (Lipinski definition) is 4. The van der Waals surface area contributed by atoms with Crippen LogP contribution >= 0.6 is 11.3 Å². The second-order valence-corrected chi connectivity index (χ2v) is 6.22. The van der Waals surface area contributed by atoms with Gasteiger partial charge in [-0.05, 0) is 30.0 Å². The minimum absolute atomic E-state index is 0.200. The molecule has 6 heteroatoms. The van der Waals surface area contributed by atoms with Crippen molar-refractivity contribution < 1.29 is 8.42 Å². The normalized spacial score (nSPS) is 11.5. The first-order valence-corrected chi connectivity index (χ1v) is 7.47. The lowest BCUT2D eigenvalue weighted by Gasteiger charge is -2.05. The fourth-order valence-electron chi connectivity index (χ4n) is 1.35. The summed E-state index contributed by atoms with van der Waals surface area (Å²) in [5.41, 5.74) is 0. The van der Waals surface area contributed by atoms with Crippen LogP contribution in [0.2, 0.25) is 0 Å². The Morgan fingerprint density at radius 3 is 2.82 bits per heavy atom. The molecule has 1 N–H and O–H groups in total. The molecule has 17 heavy (non-hydrogen) atoms. The van der Waals surface area contributed by atoms with Gasteiger partial charge in [-0.2, -0.15) is 0 Å². The van der Waals surface area contributed by atoms with E-state index >= 15 is 0 Å². The van der Waals surface area contributed by atoms with Crippen LogP contribution in [0.4, 0.5) is 0 Å². The third kappa shape index (κ3) is 3.36. The molecule has 2 aromatic rings. The van der Waals surface area contributed by atoms with Crippen LogP contribution < -0.4 is 4.72 Å². The summed E-state index contributed by atoms with van der Waals surface area (Å²) >= 11 is 1.62. The highest BCUT2D eigenvalue weighted by Gasteiger charge is 2.12. The van der Waals surface area contributed by atoms with E-state index in [2.05, 4.69) is 9.71 Å². The quantitative estimate of drug-likeness (QED) is 0.897. The number of aromatic nitrogens is 1. The zero-order chi connectivity index (χ0) is 12.1. The fourth-order valence-corrected chi connectivity index (χ4v) is 3.06. The van der Waals surface area contributed by atoms with Crippen molar-refractivity contribution in [3.63, 3.8) is 0 Å². The summed E-state index contributed by atoms with van der Waals surface area (Å²) in [5, 5.41) is 1.98. The van der Waals surface area contributed by atoms with Gasteiger partial charge in [0.1, 0.15) is 4.90 Å². The Labute approximate surface area is 104 Å². The number of pyridine rings is 1. The average Bonchev–Trinajstić information content (AvgIpc) is 2.83. The van der Waals surface area contributed by atoms with E-state index < -0.39 is 10.0 Å². The maximum absolute atomic E-state index is 11.8. The Balaban J connectivity index is 1.95. The first kappa shape index (κ1) is 12.2. The minimum Gasteiger partial charge on any atom is -0.263 e. The molecule has 0 bridgehead atoms. The van der Waals surface area contributed by atoms with E-state index in [9.17, 15) is 8.42 Å². The van der Waals surface area contributed by atoms with E-state index in [-0.39, 0.29) is 4.90 Å². The molecule has 90 valence electrons. The molecular weight excluding hydrogens is 256 g/mol. The Hall–Kier alpha value is -1.24. The lowest BCUT2D eigenvalue weighted by Crippen LogP contribution is -2.25. The molecule has 0 fully saturated rings. The molecule has 0 aliphatic heterocycles. The van der Waals surface area contributed by atoms with Gasteiger partial charge in [0.25, 0.3) is 0 Å². The van der Waals surface area contributed by atoms with Crippen molar-refractivity contribution in [3.8, 4) is 0 Å². The zero-order valence-electron chi connectivity index (χ0n) is 9.04. The molecule has 4 nitrogen and oxygen atoms in total. The summed E-state index contributed by atoms with van der Waals surface area (Å²) in [6, 6.07) is 7.08. The molecule has 0 saturated carbocycles. The van der Waals surface area contributed by atoms with E-state index in [0.29, 0.717) is 13.0 Å². The molecule has 0 aromatic carbocycles. The van der Waals surface area contributed by atoms with Crippen molar-refractivity contribution in [2.24, 2.45) is 0 Å². The van der Waals surface area contributed by atoms with Crippen LogP contribution in [0, 0.1) is 0 Å². The van der Waals surface area contributed by atoms with Crippen molar-refractivity contribution in [3.05, 3.63) is 46.9 Å². The van der Waals surface area contributed by atoms with Gasteiger partial charge in [-0.25, -0.2) is 13.1 Å². The third-order valence-corrected chi connectivity index (χ3v) is 4.57. The van der Waals surface area contributed by atoms with Gasteiger partial charge in [-0.3, -0.25) is 4.98 Å². The van der Waals surface area contributed by atoms with Gasteiger partial charge >= 0.3 is 0 Å². The molecule has 2 aromatic heterocycles. The largest absolute Gasteiger partial charge is 0.263 e. The topological polar surface area (TPSA) is 59.1 Å². The highest BCUT2D eigenvalue weighted by molar-refractivity contribution is 7.89. The molecule has 0 atom stereocenters. The predicted molar refractivity (Wildman–Crippen MR) is 67.4 cm³/mol. The molecule has 0 aliphatic carbocycles. The molecule has 0 amide bonds. The van der Waals surface area contributed by atoms with Gasteiger partial charge < -0.3 is 0 Å². The van der Waals surface area contributed by atoms with Gasteiger partial charge in [0.05, 0.1) is 0 Å². The van der Waals surface area contributed by atoms with Crippen molar-refractivity contribution in [2.45, 2.75) is 11.3 Å². The lowest BCUT2D eigenvalue weighted by molar-refractivity contribution is 0.581. The summed E-state index contributed by atoms with van der Waals surface area (Å²) in [4.78, 5) is 5.16. The molecular formula is C11H12N2O2S2. The standard InChI is InChI=1S/C11H12N2O2S2/c14-17(15,11-4-1-6-12-9-11)13-7-5-10-3-2-8-16-10/h1-4,6,8-9,13H,5,7H2. The molecule has 2 rings (SSSR count). The summed E-state index contributed by atoms with van der Waals surface area (Å²) in [6.07, 6.45) is 3.59. The summed E-state index contributed by atoms with van der Waals surface area (Å²) in [5.74, 6) is 0. The Bertz CT molecular complexity index is 550. The van der Waals surface area contributed by atoms with Gasteiger partial charge in [0, 0.05) is 23.8 Å². The molecule has 0 spiro atoms. The van der Waals surface area contributed by atoms with E-state index in [1.165, 1.54) is 17.1 Å². The molecule has 0 saturated heterocycles. The van der Waals surface area contributed by atoms with Crippen LogP contribution in [-0.2, 0) is 16.4 Å². The van der Waals surface area contributed by atoms with Crippen molar-refractivity contribution in [1.29, 1.82) is 0 Å². The Morgan fingerprint density at radius 1 is 1.29 bits per heavy atom. The second-order valence-electron chi connectivity index (χ2n) is 3.42. The SMILES string of the molecule is O=S(=O)(NCCc1cccs1)c1cccnc1. The number of rotatable bonds is 5. The van der Waals surface area contributed by atoms with Crippen molar-refractivity contribution in [2.75, 3.05) is 6.54 Å². The van der Waals surface area contributed by atoms with E-state index in [0.717, 1.165) is 0 Å². The smallest absolute Gasteiger partial charge is 0.242 e. The number of sulfonamides is 1. The monoisotopic (exact) mass is 268 g/mol. The molecule has 0 radical (unpaired) electrons. The number of nitrogens with one attached hydrogen (secondary N) is 1. The first-order chi connectivity index (χ1) is 8.18. The first-order valence-electron chi connectivity index (χ1n) is 5.10.